The molecular weight excluding hydrogens is 460 g/mol. The van der Waals surface area contributed by atoms with Gasteiger partial charge in [0.2, 0.25) is 0 Å². The van der Waals surface area contributed by atoms with Crippen molar-refractivity contribution in [2.24, 2.45) is 0 Å². The van der Waals surface area contributed by atoms with Gasteiger partial charge in [0, 0.05) is 24.3 Å². The molecule has 2 saturated heterocycles. The normalized spacial score (nSPS) is 19.6. The molecule has 0 bridgehead atoms. The molecular formula is C27H26N4O5. The number of amides is 1. The van der Waals surface area contributed by atoms with Crippen LogP contribution in [0.3, 0.4) is 0 Å². The standard InChI is InChI=1S/C27H26N4O5/c1-17-3-12-22(29-28-17)31-24(18-6-10-21(35-2)11-7-18)23(26(33)27(31)34)25(32)19-4-8-20(9-5-19)30-13-15-36-16-14-30/h3-12,24,32H,13-16H2,1-2H3/b25-23+. The van der Waals surface area contributed by atoms with Crippen molar-refractivity contribution >= 4 is 29.0 Å². The molecule has 9 heteroatoms. The summed E-state index contributed by atoms with van der Waals surface area (Å²) in [5, 5.41) is 19.5. The highest BCUT2D eigenvalue weighted by molar-refractivity contribution is 6.51. The van der Waals surface area contributed by atoms with E-state index in [4.69, 9.17) is 9.47 Å². The SMILES string of the molecule is COc1ccc(C2/C(=C(\O)c3ccc(N4CCOCC4)cc3)C(=O)C(=O)N2c2ccc(C)nn2)cc1. The van der Waals surface area contributed by atoms with E-state index in [0.717, 1.165) is 18.8 Å². The van der Waals surface area contributed by atoms with Gasteiger partial charge in [-0.1, -0.05) is 12.1 Å². The predicted octanol–water partition coefficient (Wildman–Crippen LogP) is 3.26. The summed E-state index contributed by atoms with van der Waals surface area (Å²) in [5.41, 5.74) is 2.74. The van der Waals surface area contributed by atoms with Crippen molar-refractivity contribution in [3.8, 4) is 5.75 Å². The summed E-state index contributed by atoms with van der Waals surface area (Å²) in [5.74, 6) is -0.951. The Labute approximate surface area is 208 Å². The van der Waals surface area contributed by atoms with Gasteiger partial charge in [-0.3, -0.25) is 14.5 Å². The third-order valence-corrected chi connectivity index (χ3v) is 6.42. The van der Waals surface area contributed by atoms with E-state index >= 15 is 0 Å². The molecule has 3 aromatic rings. The van der Waals surface area contributed by atoms with Crippen LogP contribution in [0.25, 0.3) is 5.76 Å². The third kappa shape index (κ3) is 4.29. The number of nitrogens with zero attached hydrogens (tertiary/aromatic N) is 4. The number of carbonyl (C=O) groups is 2. The maximum atomic E-state index is 13.3. The van der Waals surface area contributed by atoms with E-state index in [1.165, 1.54) is 4.90 Å². The highest BCUT2D eigenvalue weighted by atomic mass is 16.5. The fraction of sp³-hybridized carbons (Fsp3) is 0.259. The summed E-state index contributed by atoms with van der Waals surface area (Å²) in [4.78, 5) is 30.0. The lowest BCUT2D eigenvalue weighted by molar-refractivity contribution is -0.132. The fourth-order valence-corrected chi connectivity index (χ4v) is 4.50. The maximum absolute atomic E-state index is 13.3. The van der Waals surface area contributed by atoms with Crippen LogP contribution < -0.4 is 14.5 Å². The molecule has 0 aliphatic carbocycles. The molecule has 184 valence electrons. The second-order valence-corrected chi connectivity index (χ2v) is 8.62. The van der Waals surface area contributed by atoms with Crippen molar-refractivity contribution < 1.29 is 24.2 Å². The first kappa shape index (κ1) is 23.5. The molecule has 2 aliphatic rings. The maximum Gasteiger partial charge on any atom is 0.301 e. The van der Waals surface area contributed by atoms with Crippen molar-refractivity contribution in [2.75, 3.05) is 43.2 Å². The van der Waals surface area contributed by atoms with E-state index in [-0.39, 0.29) is 17.2 Å². The van der Waals surface area contributed by atoms with Crippen LogP contribution >= 0.6 is 0 Å². The Hall–Kier alpha value is -4.24. The number of Topliss-reactive ketones (excluding diaryl/α,β-unsaturated/α-hetero) is 1. The van der Waals surface area contributed by atoms with Gasteiger partial charge >= 0.3 is 5.91 Å². The van der Waals surface area contributed by atoms with Gasteiger partial charge in [-0.05, 0) is 61.0 Å². The number of rotatable bonds is 5. The van der Waals surface area contributed by atoms with E-state index in [2.05, 4.69) is 15.1 Å². The van der Waals surface area contributed by atoms with E-state index in [0.29, 0.717) is 35.8 Å². The van der Waals surface area contributed by atoms with Crippen molar-refractivity contribution in [3.05, 3.63) is 83.1 Å². The number of anilines is 2. The molecule has 5 rings (SSSR count). The van der Waals surface area contributed by atoms with Crippen LogP contribution in [0.2, 0.25) is 0 Å². The quantitative estimate of drug-likeness (QED) is 0.333. The Bertz CT molecular complexity index is 1300. The van der Waals surface area contributed by atoms with Crippen LogP contribution in [0.5, 0.6) is 5.75 Å². The lowest BCUT2D eigenvalue weighted by Gasteiger charge is -2.29. The molecule has 0 radical (unpaired) electrons. The van der Waals surface area contributed by atoms with Crippen LogP contribution in [-0.4, -0.2) is 60.4 Å². The average molecular weight is 487 g/mol. The number of ether oxygens (including phenoxy) is 2. The largest absolute Gasteiger partial charge is 0.507 e. The second kappa shape index (κ2) is 9.79. The molecule has 2 aliphatic heterocycles. The molecule has 0 spiro atoms. The third-order valence-electron chi connectivity index (χ3n) is 6.42. The summed E-state index contributed by atoms with van der Waals surface area (Å²) in [6.45, 7) is 4.67. The van der Waals surface area contributed by atoms with E-state index in [1.54, 1.807) is 62.6 Å². The van der Waals surface area contributed by atoms with Gasteiger partial charge < -0.3 is 19.5 Å². The minimum absolute atomic E-state index is 0.00772. The minimum atomic E-state index is -0.883. The van der Waals surface area contributed by atoms with Gasteiger partial charge in [0.25, 0.3) is 5.78 Å². The monoisotopic (exact) mass is 486 g/mol. The van der Waals surface area contributed by atoms with Gasteiger partial charge in [-0.2, -0.15) is 5.10 Å². The first-order valence-electron chi connectivity index (χ1n) is 11.7. The molecule has 1 aromatic heterocycles. The number of aromatic nitrogens is 2. The molecule has 2 fully saturated rings. The average Bonchev–Trinajstić information content (AvgIpc) is 3.19. The van der Waals surface area contributed by atoms with E-state index < -0.39 is 17.7 Å². The predicted molar refractivity (Wildman–Crippen MR) is 134 cm³/mol. The molecule has 1 N–H and O–H groups in total. The number of ketones is 1. The molecule has 36 heavy (non-hydrogen) atoms. The van der Waals surface area contributed by atoms with Crippen LogP contribution in [0.4, 0.5) is 11.5 Å². The molecule has 1 amide bonds. The number of aliphatic hydroxyl groups excluding tert-OH is 1. The number of aryl methyl sites for hydroxylation is 1. The molecule has 3 heterocycles. The van der Waals surface area contributed by atoms with Crippen molar-refractivity contribution in [1.29, 1.82) is 0 Å². The lowest BCUT2D eigenvalue weighted by Crippen LogP contribution is -2.36. The van der Waals surface area contributed by atoms with Crippen LogP contribution in [0, 0.1) is 6.92 Å². The Balaban J connectivity index is 1.59. The minimum Gasteiger partial charge on any atom is -0.507 e. The van der Waals surface area contributed by atoms with Crippen molar-refractivity contribution in [1.82, 2.24) is 10.2 Å². The summed E-state index contributed by atoms with van der Waals surface area (Å²) in [6, 6.07) is 16.8. The summed E-state index contributed by atoms with van der Waals surface area (Å²) < 4.78 is 10.7. The second-order valence-electron chi connectivity index (χ2n) is 8.62. The first-order chi connectivity index (χ1) is 17.5. The smallest absolute Gasteiger partial charge is 0.301 e. The van der Waals surface area contributed by atoms with E-state index in [1.807, 2.05) is 12.1 Å². The van der Waals surface area contributed by atoms with Crippen molar-refractivity contribution in [3.63, 3.8) is 0 Å². The number of morpholine rings is 1. The number of benzene rings is 2. The van der Waals surface area contributed by atoms with Gasteiger partial charge in [0.15, 0.2) is 5.82 Å². The number of hydrogen-bond donors (Lipinski definition) is 1. The van der Waals surface area contributed by atoms with Crippen molar-refractivity contribution in [2.45, 2.75) is 13.0 Å². The number of aliphatic hydroxyl groups is 1. The Kier molecular flexibility index (Phi) is 6.39. The Morgan fingerprint density at radius 2 is 1.67 bits per heavy atom. The zero-order chi connectivity index (χ0) is 25.2. The zero-order valence-corrected chi connectivity index (χ0v) is 20.0. The van der Waals surface area contributed by atoms with Gasteiger partial charge in [0.1, 0.15) is 11.5 Å². The molecule has 9 nitrogen and oxygen atoms in total. The van der Waals surface area contributed by atoms with Gasteiger partial charge in [-0.15, -0.1) is 5.10 Å². The molecule has 1 unspecified atom stereocenters. The summed E-state index contributed by atoms with van der Waals surface area (Å²) in [6.07, 6.45) is 0. The van der Waals surface area contributed by atoms with E-state index in [9.17, 15) is 14.7 Å². The highest BCUT2D eigenvalue weighted by Crippen LogP contribution is 2.42. The van der Waals surface area contributed by atoms with Crippen LogP contribution in [0.15, 0.2) is 66.2 Å². The first-order valence-corrected chi connectivity index (χ1v) is 11.7. The van der Waals surface area contributed by atoms with Gasteiger partial charge in [-0.25, -0.2) is 0 Å². The summed E-state index contributed by atoms with van der Waals surface area (Å²) in [7, 11) is 1.56. The number of hydrogen-bond acceptors (Lipinski definition) is 8. The Morgan fingerprint density at radius 1 is 0.972 bits per heavy atom. The highest BCUT2D eigenvalue weighted by Gasteiger charge is 2.47. The summed E-state index contributed by atoms with van der Waals surface area (Å²) >= 11 is 0. The number of carbonyl (C=O) groups excluding carboxylic acids is 2. The topological polar surface area (TPSA) is 105 Å². The number of methoxy groups -OCH3 is 1. The van der Waals surface area contributed by atoms with Crippen LogP contribution in [-0.2, 0) is 14.3 Å². The zero-order valence-electron chi connectivity index (χ0n) is 20.0. The molecule has 1 atom stereocenters. The van der Waals surface area contributed by atoms with Gasteiger partial charge in [0.05, 0.1) is 37.6 Å². The fourth-order valence-electron chi connectivity index (χ4n) is 4.50. The van der Waals surface area contributed by atoms with Crippen LogP contribution in [0.1, 0.15) is 22.9 Å². The lowest BCUT2D eigenvalue weighted by atomic mass is 9.95. The Morgan fingerprint density at radius 3 is 2.28 bits per heavy atom. The molecule has 2 aromatic carbocycles. The molecule has 0 saturated carbocycles.